The fourth-order valence-corrected chi connectivity index (χ4v) is 2.37. The van der Waals surface area contributed by atoms with Crippen LogP contribution in [0.3, 0.4) is 0 Å². The number of hydrogen-bond donors (Lipinski definition) is 0. The normalized spacial score (nSPS) is 20.6. The Morgan fingerprint density at radius 1 is 1.71 bits per heavy atom. The maximum Gasteiger partial charge on any atom is 0.150 e. The Balaban J connectivity index is 2.53. The second kappa shape index (κ2) is 3.73. The molecule has 76 valence electrons. The minimum Gasteiger partial charge on any atom is -0.320 e. The third-order valence-corrected chi connectivity index (χ3v) is 3.06. The van der Waals surface area contributed by atoms with Crippen LogP contribution in [0.2, 0.25) is 5.15 Å². The third kappa shape index (κ3) is 1.36. The summed E-state index contributed by atoms with van der Waals surface area (Å²) in [5.41, 5.74) is 1.03. The van der Waals surface area contributed by atoms with Crippen LogP contribution in [0.1, 0.15) is 37.3 Å². The Morgan fingerprint density at radius 3 is 3.14 bits per heavy atom. The number of carbonyl (C=O) groups is 1. The molecule has 3 nitrogen and oxygen atoms in total. The average molecular weight is 213 g/mol. The molecule has 0 spiro atoms. The van der Waals surface area contributed by atoms with Crippen LogP contribution in [-0.4, -0.2) is 15.8 Å². The predicted molar refractivity (Wildman–Crippen MR) is 54.7 cm³/mol. The second-order valence-electron chi connectivity index (χ2n) is 3.58. The summed E-state index contributed by atoms with van der Waals surface area (Å²) >= 11 is 6.02. The average Bonchev–Trinajstić information content (AvgIpc) is 2.56. The number of hydrogen-bond acceptors (Lipinski definition) is 2. The van der Waals surface area contributed by atoms with Crippen molar-refractivity contribution in [2.24, 2.45) is 0 Å². The van der Waals surface area contributed by atoms with E-state index in [9.17, 15) is 4.79 Å². The lowest BCUT2D eigenvalue weighted by Crippen LogP contribution is -2.20. The van der Waals surface area contributed by atoms with Crippen molar-refractivity contribution in [3.8, 4) is 0 Å². The highest BCUT2D eigenvalue weighted by atomic mass is 35.5. The lowest BCUT2D eigenvalue weighted by Gasteiger charge is -2.22. The van der Waals surface area contributed by atoms with Crippen LogP contribution in [0.15, 0.2) is 0 Å². The number of aryl methyl sites for hydroxylation is 1. The smallest absolute Gasteiger partial charge is 0.150 e. The van der Waals surface area contributed by atoms with Gasteiger partial charge in [-0.2, -0.15) is 0 Å². The van der Waals surface area contributed by atoms with Gasteiger partial charge >= 0.3 is 0 Å². The molecular weight excluding hydrogens is 200 g/mol. The van der Waals surface area contributed by atoms with Gasteiger partial charge in [-0.1, -0.05) is 18.5 Å². The first-order chi connectivity index (χ1) is 6.77. The fraction of sp³-hybridized carbons (Fsp3) is 0.600. The van der Waals surface area contributed by atoms with Crippen molar-refractivity contribution >= 4 is 17.9 Å². The number of imidazole rings is 1. The topological polar surface area (TPSA) is 34.9 Å². The number of nitrogens with zero attached hydrogens (tertiary/aromatic N) is 2. The highest BCUT2D eigenvalue weighted by Crippen LogP contribution is 2.30. The van der Waals surface area contributed by atoms with Gasteiger partial charge in [0.15, 0.2) is 5.15 Å². The van der Waals surface area contributed by atoms with Gasteiger partial charge in [0.05, 0.1) is 11.7 Å². The summed E-state index contributed by atoms with van der Waals surface area (Å²) in [6.45, 7) is 2.03. The Kier molecular flexibility index (Phi) is 2.59. The van der Waals surface area contributed by atoms with Crippen LogP contribution >= 0.6 is 11.6 Å². The molecule has 0 saturated heterocycles. The molecule has 0 aromatic carbocycles. The highest BCUT2D eigenvalue weighted by Gasteiger charge is 2.24. The van der Waals surface area contributed by atoms with Gasteiger partial charge in [-0.05, 0) is 19.3 Å². The molecule has 1 aliphatic rings. The van der Waals surface area contributed by atoms with Crippen LogP contribution in [-0.2, 0) is 17.6 Å². The number of rotatable bonds is 2. The molecule has 0 saturated carbocycles. The van der Waals surface area contributed by atoms with Crippen molar-refractivity contribution in [3.05, 3.63) is 16.7 Å². The van der Waals surface area contributed by atoms with E-state index >= 15 is 0 Å². The minimum atomic E-state index is -0.0475. The summed E-state index contributed by atoms with van der Waals surface area (Å²) in [5, 5.41) is 0.577. The molecule has 0 fully saturated rings. The maximum absolute atomic E-state index is 10.9. The van der Waals surface area contributed by atoms with E-state index in [1.54, 1.807) is 0 Å². The van der Waals surface area contributed by atoms with Crippen molar-refractivity contribution in [1.82, 2.24) is 9.55 Å². The summed E-state index contributed by atoms with van der Waals surface area (Å²) in [7, 11) is 0. The Morgan fingerprint density at radius 2 is 2.50 bits per heavy atom. The summed E-state index contributed by atoms with van der Waals surface area (Å²) in [6.07, 6.45) is 4.70. The zero-order valence-electron chi connectivity index (χ0n) is 8.16. The van der Waals surface area contributed by atoms with Gasteiger partial charge in [-0.15, -0.1) is 0 Å². The van der Waals surface area contributed by atoms with E-state index < -0.39 is 0 Å². The SMILES string of the molecule is CCc1nc(Cl)c2n1C(C=O)CCC2. The Labute approximate surface area is 88.1 Å². The standard InChI is InChI=1S/C10H13ClN2O/c1-2-9-12-10(11)8-5-3-4-7(6-14)13(8)9/h6-7H,2-5H2,1H3. The van der Waals surface area contributed by atoms with E-state index in [0.717, 1.165) is 43.5 Å². The molecule has 0 radical (unpaired) electrons. The molecule has 4 heteroatoms. The molecule has 1 aliphatic heterocycles. The van der Waals surface area contributed by atoms with E-state index in [1.165, 1.54) is 0 Å². The van der Waals surface area contributed by atoms with Crippen LogP contribution < -0.4 is 0 Å². The number of aldehydes is 1. The van der Waals surface area contributed by atoms with Crippen molar-refractivity contribution in [2.45, 2.75) is 38.6 Å². The largest absolute Gasteiger partial charge is 0.320 e. The van der Waals surface area contributed by atoms with Crippen LogP contribution in [0, 0.1) is 0 Å². The Bertz CT molecular complexity index is 359. The maximum atomic E-state index is 10.9. The fourth-order valence-electron chi connectivity index (χ4n) is 2.09. The van der Waals surface area contributed by atoms with Gasteiger partial charge in [-0.3, -0.25) is 0 Å². The van der Waals surface area contributed by atoms with Gasteiger partial charge in [0, 0.05) is 6.42 Å². The van der Waals surface area contributed by atoms with Crippen molar-refractivity contribution in [2.75, 3.05) is 0 Å². The highest BCUT2D eigenvalue weighted by molar-refractivity contribution is 6.30. The van der Waals surface area contributed by atoms with E-state index in [2.05, 4.69) is 4.98 Å². The van der Waals surface area contributed by atoms with Gasteiger partial charge in [-0.25, -0.2) is 4.98 Å². The third-order valence-electron chi connectivity index (χ3n) is 2.75. The summed E-state index contributed by atoms with van der Waals surface area (Å²) in [5.74, 6) is 0.932. The minimum absolute atomic E-state index is 0.0475. The number of fused-ring (bicyclic) bond motifs is 1. The molecule has 0 N–H and O–H groups in total. The molecule has 0 bridgehead atoms. The monoisotopic (exact) mass is 212 g/mol. The Hall–Kier alpha value is -0.830. The lowest BCUT2D eigenvalue weighted by atomic mass is 10.0. The van der Waals surface area contributed by atoms with Crippen LogP contribution in [0.25, 0.3) is 0 Å². The molecule has 1 atom stereocenters. The predicted octanol–water partition coefficient (Wildman–Crippen LogP) is 2.18. The number of carbonyl (C=O) groups excluding carboxylic acids is 1. The van der Waals surface area contributed by atoms with E-state index in [1.807, 2.05) is 11.5 Å². The molecule has 0 aliphatic carbocycles. The van der Waals surface area contributed by atoms with E-state index in [0.29, 0.717) is 5.15 Å². The van der Waals surface area contributed by atoms with Gasteiger partial charge in [0.1, 0.15) is 12.1 Å². The molecule has 1 aromatic heterocycles. The second-order valence-corrected chi connectivity index (χ2v) is 3.94. The van der Waals surface area contributed by atoms with Gasteiger partial charge in [0.2, 0.25) is 0 Å². The number of halogens is 1. The molecule has 0 amide bonds. The lowest BCUT2D eigenvalue weighted by molar-refractivity contribution is -0.111. The van der Waals surface area contributed by atoms with E-state index in [4.69, 9.17) is 11.6 Å². The first-order valence-corrected chi connectivity index (χ1v) is 5.36. The zero-order valence-corrected chi connectivity index (χ0v) is 8.92. The van der Waals surface area contributed by atoms with Crippen molar-refractivity contribution in [1.29, 1.82) is 0 Å². The number of aromatic nitrogens is 2. The molecule has 2 heterocycles. The first kappa shape index (κ1) is 9.71. The molecule has 14 heavy (non-hydrogen) atoms. The molecular formula is C10H13ClN2O. The quantitative estimate of drug-likeness (QED) is 0.705. The van der Waals surface area contributed by atoms with Gasteiger partial charge < -0.3 is 9.36 Å². The van der Waals surface area contributed by atoms with Gasteiger partial charge in [0.25, 0.3) is 0 Å². The van der Waals surface area contributed by atoms with Crippen LogP contribution in [0.4, 0.5) is 0 Å². The molecule has 1 aromatic rings. The van der Waals surface area contributed by atoms with Crippen molar-refractivity contribution in [3.63, 3.8) is 0 Å². The van der Waals surface area contributed by atoms with E-state index in [-0.39, 0.29) is 6.04 Å². The van der Waals surface area contributed by atoms with Crippen LogP contribution in [0.5, 0.6) is 0 Å². The summed E-state index contributed by atoms with van der Waals surface area (Å²) in [4.78, 5) is 15.2. The zero-order chi connectivity index (χ0) is 10.1. The molecule has 2 rings (SSSR count). The molecule has 1 unspecified atom stereocenters. The summed E-state index contributed by atoms with van der Waals surface area (Å²) < 4.78 is 2.01. The summed E-state index contributed by atoms with van der Waals surface area (Å²) in [6, 6.07) is -0.0475. The van der Waals surface area contributed by atoms with Crippen molar-refractivity contribution < 1.29 is 4.79 Å². The first-order valence-electron chi connectivity index (χ1n) is 4.98.